The molecule has 2 saturated heterocycles. The molecule has 2 aliphatic rings. The summed E-state index contributed by atoms with van der Waals surface area (Å²) < 4.78 is 0. The van der Waals surface area contributed by atoms with Crippen LogP contribution >= 0.6 is 11.8 Å². The maximum Gasteiger partial charge on any atom is 0.0277 e. The molecular formula is C5H9NS. The largest absolute Gasteiger partial charge is 0.312 e. The van der Waals surface area contributed by atoms with Crippen LogP contribution in [0.2, 0.25) is 0 Å². The molecule has 0 aromatic heterocycles. The lowest BCUT2D eigenvalue weighted by Gasteiger charge is -2.28. The van der Waals surface area contributed by atoms with Crippen molar-refractivity contribution in [2.75, 3.05) is 12.3 Å². The van der Waals surface area contributed by atoms with Crippen molar-refractivity contribution in [2.24, 2.45) is 0 Å². The van der Waals surface area contributed by atoms with Gasteiger partial charge in [-0.3, -0.25) is 0 Å². The number of hydrogen-bond donors (Lipinski definition) is 1. The molecule has 0 radical (unpaired) electrons. The van der Waals surface area contributed by atoms with Gasteiger partial charge >= 0.3 is 0 Å². The summed E-state index contributed by atoms with van der Waals surface area (Å²) in [5, 5.41) is 4.44. The lowest BCUT2D eigenvalue weighted by molar-refractivity contribution is 0.651. The van der Waals surface area contributed by atoms with Crippen LogP contribution in [0.15, 0.2) is 0 Å². The average molecular weight is 115 g/mol. The Bertz CT molecular complexity index is 74.1. The molecule has 0 bridgehead atoms. The van der Waals surface area contributed by atoms with E-state index in [1.54, 1.807) is 0 Å². The van der Waals surface area contributed by atoms with Crippen molar-refractivity contribution in [3.8, 4) is 0 Å². The number of rotatable bonds is 0. The zero-order valence-corrected chi connectivity index (χ0v) is 5.00. The Balaban J connectivity index is 2.03. The Labute approximate surface area is 47.9 Å². The van der Waals surface area contributed by atoms with E-state index in [0.717, 1.165) is 11.3 Å². The van der Waals surface area contributed by atoms with E-state index in [-0.39, 0.29) is 0 Å². The van der Waals surface area contributed by atoms with Gasteiger partial charge in [-0.05, 0) is 13.0 Å². The molecule has 7 heavy (non-hydrogen) atoms. The molecule has 0 spiro atoms. The predicted molar refractivity (Wildman–Crippen MR) is 32.7 cm³/mol. The van der Waals surface area contributed by atoms with Gasteiger partial charge in [0.05, 0.1) is 0 Å². The van der Waals surface area contributed by atoms with Crippen LogP contribution in [0.5, 0.6) is 0 Å². The molecule has 2 atom stereocenters. The second-order valence-corrected chi connectivity index (χ2v) is 3.49. The summed E-state index contributed by atoms with van der Waals surface area (Å²) in [6, 6.07) is 0.907. The highest BCUT2D eigenvalue weighted by Crippen LogP contribution is 2.34. The van der Waals surface area contributed by atoms with Crippen molar-refractivity contribution in [2.45, 2.75) is 17.7 Å². The van der Waals surface area contributed by atoms with Gasteiger partial charge in [-0.15, -0.1) is 0 Å². The molecule has 0 aromatic rings. The van der Waals surface area contributed by atoms with Gasteiger partial charge < -0.3 is 5.32 Å². The average Bonchev–Trinajstić information content (AvgIpc) is 1.85. The molecular weight excluding hydrogens is 106 g/mol. The van der Waals surface area contributed by atoms with Gasteiger partial charge in [-0.2, -0.15) is 11.8 Å². The summed E-state index contributed by atoms with van der Waals surface area (Å²) in [6.45, 7) is 1.27. The van der Waals surface area contributed by atoms with E-state index in [0.29, 0.717) is 0 Å². The summed E-state index contributed by atoms with van der Waals surface area (Å²) in [4.78, 5) is 0. The SMILES string of the molecule is C1CC2SCC2N1. The molecule has 2 heteroatoms. The van der Waals surface area contributed by atoms with E-state index in [1.807, 2.05) is 0 Å². The van der Waals surface area contributed by atoms with Gasteiger partial charge in [-0.25, -0.2) is 0 Å². The van der Waals surface area contributed by atoms with Crippen LogP contribution in [0.1, 0.15) is 6.42 Å². The second kappa shape index (κ2) is 1.39. The van der Waals surface area contributed by atoms with Gasteiger partial charge in [0.15, 0.2) is 0 Å². The number of hydrogen-bond acceptors (Lipinski definition) is 2. The van der Waals surface area contributed by atoms with E-state index in [1.165, 1.54) is 18.7 Å². The lowest BCUT2D eigenvalue weighted by Crippen LogP contribution is -2.39. The zero-order chi connectivity index (χ0) is 4.69. The molecule has 2 unspecified atom stereocenters. The van der Waals surface area contributed by atoms with Crippen LogP contribution in [0.25, 0.3) is 0 Å². The maximum absolute atomic E-state index is 3.44. The quantitative estimate of drug-likeness (QED) is 0.492. The van der Waals surface area contributed by atoms with Crippen LogP contribution in [0, 0.1) is 0 Å². The first-order valence-electron chi connectivity index (χ1n) is 2.82. The molecule has 0 saturated carbocycles. The summed E-state index contributed by atoms with van der Waals surface area (Å²) in [5.74, 6) is 1.37. The minimum absolute atomic E-state index is 0.907. The third-order valence-electron chi connectivity index (χ3n) is 1.77. The first kappa shape index (κ1) is 4.21. The number of thioether (sulfide) groups is 1. The van der Waals surface area contributed by atoms with Crippen LogP contribution in [-0.4, -0.2) is 23.6 Å². The van der Waals surface area contributed by atoms with E-state index >= 15 is 0 Å². The molecule has 2 aliphatic heterocycles. The van der Waals surface area contributed by atoms with Gasteiger partial charge in [0.25, 0.3) is 0 Å². The maximum atomic E-state index is 3.44. The van der Waals surface area contributed by atoms with Gasteiger partial charge in [0.2, 0.25) is 0 Å². The van der Waals surface area contributed by atoms with E-state index in [2.05, 4.69) is 17.1 Å². The Hall–Kier alpha value is 0.310. The lowest BCUT2D eigenvalue weighted by atomic mass is 10.2. The number of fused-ring (bicyclic) bond motifs is 1. The smallest absolute Gasteiger partial charge is 0.0277 e. The highest BCUT2D eigenvalue weighted by molar-refractivity contribution is 8.01. The normalized spacial score (nSPS) is 48.0. The molecule has 1 nitrogen and oxygen atoms in total. The fraction of sp³-hybridized carbons (Fsp3) is 1.00. The highest BCUT2D eigenvalue weighted by Gasteiger charge is 2.34. The topological polar surface area (TPSA) is 12.0 Å². The summed E-state index contributed by atoms with van der Waals surface area (Å²) >= 11 is 2.11. The standard InChI is InChI=1S/C5H9NS/c1-2-6-4-3-7-5(1)4/h4-6H,1-3H2. The zero-order valence-electron chi connectivity index (χ0n) is 4.18. The molecule has 1 N–H and O–H groups in total. The minimum atomic E-state index is 0.907. The molecule has 2 fully saturated rings. The Morgan fingerprint density at radius 3 is 2.86 bits per heavy atom. The number of nitrogens with one attached hydrogen (secondary N) is 1. The van der Waals surface area contributed by atoms with Crippen molar-refractivity contribution in [1.29, 1.82) is 0 Å². The first-order chi connectivity index (χ1) is 3.47. The summed E-state index contributed by atoms with van der Waals surface area (Å²) in [5.41, 5.74) is 0. The predicted octanol–water partition coefficient (Wildman–Crippen LogP) is 0.464. The third-order valence-corrected chi connectivity index (χ3v) is 3.32. The van der Waals surface area contributed by atoms with Crippen LogP contribution in [0.4, 0.5) is 0 Å². The highest BCUT2D eigenvalue weighted by atomic mass is 32.2. The molecule has 2 heterocycles. The Kier molecular flexibility index (Phi) is 0.837. The molecule has 40 valence electrons. The van der Waals surface area contributed by atoms with Crippen molar-refractivity contribution in [3.05, 3.63) is 0 Å². The van der Waals surface area contributed by atoms with E-state index in [4.69, 9.17) is 0 Å². The van der Waals surface area contributed by atoms with Crippen molar-refractivity contribution >= 4 is 11.8 Å². The monoisotopic (exact) mass is 115 g/mol. The Morgan fingerprint density at radius 1 is 1.57 bits per heavy atom. The fourth-order valence-corrected chi connectivity index (χ4v) is 2.37. The van der Waals surface area contributed by atoms with Crippen molar-refractivity contribution in [3.63, 3.8) is 0 Å². The molecule has 2 rings (SSSR count). The minimum Gasteiger partial charge on any atom is -0.312 e. The first-order valence-corrected chi connectivity index (χ1v) is 3.87. The second-order valence-electron chi connectivity index (χ2n) is 2.22. The molecule has 0 amide bonds. The van der Waals surface area contributed by atoms with Crippen molar-refractivity contribution in [1.82, 2.24) is 5.32 Å². The van der Waals surface area contributed by atoms with Crippen LogP contribution in [0.3, 0.4) is 0 Å². The van der Waals surface area contributed by atoms with Crippen molar-refractivity contribution < 1.29 is 0 Å². The third kappa shape index (κ3) is 0.500. The van der Waals surface area contributed by atoms with Gasteiger partial charge in [0.1, 0.15) is 0 Å². The van der Waals surface area contributed by atoms with Gasteiger partial charge in [-0.1, -0.05) is 0 Å². The van der Waals surface area contributed by atoms with Crippen LogP contribution < -0.4 is 5.32 Å². The van der Waals surface area contributed by atoms with Crippen LogP contribution in [-0.2, 0) is 0 Å². The van der Waals surface area contributed by atoms with E-state index in [9.17, 15) is 0 Å². The Morgan fingerprint density at radius 2 is 2.57 bits per heavy atom. The van der Waals surface area contributed by atoms with E-state index < -0.39 is 0 Å². The molecule has 0 aliphatic carbocycles. The fourth-order valence-electron chi connectivity index (χ4n) is 1.21. The summed E-state index contributed by atoms with van der Waals surface area (Å²) in [6.07, 6.45) is 1.41. The van der Waals surface area contributed by atoms with Gasteiger partial charge in [0, 0.05) is 17.0 Å². The summed E-state index contributed by atoms with van der Waals surface area (Å²) in [7, 11) is 0. The molecule has 0 aromatic carbocycles.